The fraction of sp³-hybridized carbons (Fsp3) is 0.200. The van der Waals surface area contributed by atoms with Crippen LogP contribution in [-0.4, -0.2) is 90.2 Å². The van der Waals surface area contributed by atoms with Crippen LogP contribution in [0.25, 0.3) is 0 Å². The van der Waals surface area contributed by atoms with Crippen molar-refractivity contribution >= 4 is 66.5 Å². The molecule has 0 amide bonds. The number of carbonyl (C=O) groups is 2. The first-order valence-electron chi connectivity index (χ1n) is 4.75. The van der Waals surface area contributed by atoms with Gasteiger partial charge in [0.05, 0.1) is 25.2 Å². The molecule has 0 radical (unpaired) electrons. The Balaban J connectivity index is 0.00000361. The molecular formula is C10H9BaNO8+2. The average molecular weight is 409 g/mol. The van der Waals surface area contributed by atoms with Gasteiger partial charge in [-0.05, 0) is 0 Å². The van der Waals surface area contributed by atoms with E-state index < -0.39 is 39.4 Å². The number of nitro groups is 1. The summed E-state index contributed by atoms with van der Waals surface area (Å²) in [6, 6.07) is 0.800. The zero-order chi connectivity index (χ0) is 14.7. The van der Waals surface area contributed by atoms with Gasteiger partial charge in [0.2, 0.25) is 0 Å². The number of aromatic carboxylic acids is 2. The summed E-state index contributed by atoms with van der Waals surface area (Å²) >= 11 is 0. The van der Waals surface area contributed by atoms with E-state index in [1.54, 1.807) is 0 Å². The SMILES string of the molecule is COc1cc([N+](=O)[O-])c(C(=O)O)c(C(=O)O)c1OC.[Ba+2]. The maximum atomic E-state index is 11.1. The molecule has 0 aromatic heterocycles. The molecule has 10 heteroatoms. The van der Waals surface area contributed by atoms with Gasteiger partial charge < -0.3 is 19.7 Å². The Labute approximate surface area is 152 Å². The number of methoxy groups -OCH3 is 2. The molecular weight excluding hydrogens is 399 g/mol. The summed E-state index contributed by atoms with van der Waals surface area (Å²) in [6.45, 7) is 0. The summed E-state index contributed by atoms with van der Waals surface area (Å²) in [5.41, 5.74) is -2.68. The van der Waals surface area contributed by atoms with Gasteiger partial charge in [0, 0.05) is 0 Å². The van der Waals surface area contributed by atoms with Crippen LogP contribution in [-0.2, 0) is 0 Å². The molecule has 0 aliphatic heterocycles. The Kier molecular flexibility index (Phi) is 7.02. The molecule has 0 unspecified atom stereocenters. The van der Waals surface area contributed by atoms with E-state index in [1.807, 2.05) is 0 Å². The van der Waals surface area contributed by atoms with Gasteiger partial charge in [-0.1, -0.05) is 0 Å². The minimum Gasteiger partial charge on any atom is -0.493 e. The Hall–Kier alpha value is -1.27. The van der Waals surface area contributed by atoms with Gasteiger partial charge in [0.25, 0.3) is 5.69 Å². The summed E-state index contributed by atoms with van der Waals surface area (Å²) < 4.78 is 9.53. The Bertz CT molecular complexity index is 571. The quantitative estimate of drug-likeness (QED) is 0.411. The molecule has 0 aliphatic carbocycles. The van der Waals surface area contributed by atoms with Gasteiger partial charge in [-0.2, -0.15) is 0 Å². The van der Waals surface area contributed by atoms with Crippen molar-refractivity contribution in [2.45, 2.75) is 0 Å². The second-order valence-electron chi connectivity index (χ2n) is 3.25. The van der Waals surface area contributed by atoms with E-state index in [4.69, 9.17) is 19.7 Å². The molecule has 0 fully saturated rings. The first kappa shape index (κ1) is 18.7. The summed E-state index contributed by atoms with van der Waals surface area (Å²) in [5.74, 6) is -4.05. The molecule has 0 saturated carbocycles. The Morgan fingerprint density at radius 2 is 1.65 bits per heavy atom. The van der Waals surface area contributed by atoms with E-state index in [0.717, 1.165) is 20.3 Å². The number of rotatable bonds is 5. The van der Waals surface area contributed by atoms with Crippen molar-refractivity contribution < 1.29 is 34.2 Å². The smallest absolute Gasteiger partial charge is 0.493 e. The third-order valence-electron chi connectivity index (χ3n) is 2.27. The molecule has 2 N–H and O–H groups in total. The molecule has 0 atom stereocenters. The van der Waals surface area contributed by atoms with Gasteiger partial charge in [0.15, 0.2) is 17.1 Å². The van der Waals surface area contributed by atoms with Crippen molar-refractivity contribution in [3.63, 3.8) is 0 Å². The molecule has 1 rings (SSSR count). The van der Waals surface area contributed by atoms with E-state index in [1.165, 1.54) is 0 Å². The van der Waals surface area contributed by atoms with Crippen LogP contribution in [0.3, 0.4) is 0 Å². The first-order valence-corrected chi connectivity index (χ1v) is 4.75. The van der Waals surface area contributed by atoms with E-state index >= 15 is 0 Å². The number of nitrogens with zero attached hydrogens (tertiary/aromatic N) is 1. The Morgan fingerprint density at radius 3 is 1.95 bits per heavy atom. The maximum absolute atomic E-state index is 11.1. The van der Waals surface area contributed by atoms with Crippen LogP contribution in [0.1, 0.15) is 20.7 Å². The molecule has 1 aromatic carbocycles. The van der Waals surface area contributed by atoms with E-state index in [-0.39, 0.29) is 54.6 Å². The number of carboxylic acids is 2. The molecule has 9 nitrogen and oxygen atoms in total. The van der Waals surface area contributed by atoms with Crippen LogP contribution in [0.2, 0.25) is 0 Å². The number of benzene rings is 1. The fourth-order valence-electron chi connectivity index (χ4n) is 1.55. The third-order valence-corrected chi connectivity index (χ3v) is 2.27. The monoisotopic (exact) mass is 409 g/mol. The number of ether oxygens (including phenoxy) is 2. The van der Waals surface area contributed by atoms with Crippen molar-refractivity contribution in [2.24, 2.45) is 0 Å². The zero-order valence-corrected chi connectivity index (χ0v) is 15.0. The predicted molar refractivity (Wildman–Crippen MR) is 65.9 cm³/mol. The van der Waals surface area contributed by atoms with Gasteiger partial charge in [0.1, 0.15) is 5.56 Å². The number of hydrogen-bond acceptors (Lipinski definition) is 6. The van der Waals surface area contributed by atoms with Crippen molar-refractivity contribution in [3.05, 3.63) is 27.3 Å². The number of hydrogen-bond donors (Lipinski definition) is 2. The second-order valence-corrected chi connectivity index (χ2v) is 3.25. The summed E-state index contributed by atoms with van der Waals surface area (Å²) in [7, 11) is 2.25. The van der Waals surface area contributed by atoms with E-state index in [2.05, 4.69) is 0 Å². The minimum atomic E-state index is -1.75. The van der Waals surface area contributed by atoms with Crippen molar-refractivity contribution in [1.29, 1.82) is 0 Å². The second kappa shape index (κ2) is 7.50. The molecule has 0 aliphatic rings. The standard InChI is InChI=1S/C10H9NO8.Ba/c1-18-5-3-4(11(16)17)6(9(12)13)7(10(14)15)8(5)19-2;/h3H,1-2H3,(H,12,13)(H,14,15);/q;+2. The normalized spacial score (nSPS) is 9.30. The zero-order valence-electron chi connectivity index (χ0n) is 10.6. The summed E-state index contributed by atoms with van der Waals surface area (Å²) in [5, 5.41) is 28.8. The number of nitro benzene ring substituents is 1. The summed E-state index contributed by atoms with van der Waals surface area (Å²) in [4.78, 5) is 32.0. The van der Waals surface area contributed by atoms with Gasteiger partial charge in [-0.3, -0.25) is 10.1 Å². The van der Waals surface area contributed by atoms with Gasteiger partial charge in [-0.25, -0.2) is 9.59 Å². The fourth-order valence-corrected chi connectivity index (χ4v) is 1.55. The summed E-state index contributed by atoms with van der Waals surface area (Å²) in [6.07, 6.45) is 0. The van der Waals surface area contributed by atoms with Crippen LogP contribution >= 0.6 is 0 Å². The van der Waals surface area contributed by atoms with Crippen LogP contribution in [0.4, 0.5) is 5.69 Å². The largest absolute Gasteiger partial charge is 2.00 e. The molecule has 102 valence electrons. The molecule has 20 heavy (non-hydrogen) atoms. The van der Waals surface area contributed by atoms with E-state index in [9.17, 15) is 19.7 Å². The maximum Gasteiger partial charge on any atom is 2.00 e. The third kappa shape index (κ3) is 3.43. The Morgan fingerprint density at radius 1 is 1.15 bits per heavy atom. The van der Waals surface area contributed by atoms with Crippen molar-refractivity contribution in [1.82, 2.24) is 0 Å². The first-order chi connectivity index (χ1) is 8.84. The van der Waals surface area contributed by atoms with Crippen LogP contribution < -0.4 is 9.47 Å². The molecule has 0 saturated heterocycles. The van der Waals surface area contributed by atoms with Crippen LogP contribution in [0, 0.1) is 10.1 Å². The van der Waals surface area contributed by atoms with Crippen molar-refractivity contribution in [2.75, 3.05) is 14.2 Å². The topological polar surface area (TPSA) is 136 Å². The van der Waals surface area contributed by atoms with Crippen LogP contribution in [0.5, 0.6) is 11.5 Å². The van der Waals surface area contributed by atoms with Crippen LogP contribution in [0.15, 0.2) is 6.07 Å². The molecule has 0 bridgehead atoms. The van der Waals surface area contributed by atoms with E-state index in [0.29, 0.717) is 0 Å². The van der Waals surface area contributed by atoms with Gasteiger partial charge >= 0.3 is 60.8 Å². The number of carboxylic acid groups (broad SMARTS) is 2. The van der Waals surface area contributed by atoms with Crippen molar-refractivity contribution in [3.8, 4) is 11.5 Å². The molecule has 1 aromatic rings. The predicted octanol–water partition coefficient (Wildman–Crippen LogP) is 0.628. The molecule has 0 spiro atoms. The molecule has 0 heterocycles. The minimum absolute atomic E-state index is 0. The van der Waals surface area contributed by atoms with Gasteiger partial charge in [-0.15, -0.1) is 0 Å². The average Bonchev–Trinajstić information content (AvgIpc) is 2.35.